The summed E-state index contributed by atoms with van der Waals surface area (Å²) in [7, 11) is 3.34. The molecule has 7 heteroatoms. The van der Waals surface area contributed by atoms with Crippen LogP contribution in [0.25, 0.3) is 0 Å². The van der Waals surface area contributed by atoms with Gasteiger partial charge in [0, 0.05) is 31.0 Å². The molecule has 24 heavy (non-hydrogen) atoms. The maximum absolute atomic E-state index is 13.3. The Labute approximate surface area is 144 Å². The molecule has 0 unspecified atom stereocenters. The molecule has 2 aromatic rings. The molecule has 0 bridgehead atoms. The van der Waals surface area contributed by atoms with Crippen molar-refractivity contribution in [3.05, 3.63) is 58.9 Å². The molecular formula is C17H17ClFN3O2. The average Bonchev–Trinajstić information content (AvgIpc) is 2.56. The molecule has 0 saturated heterocycles. The van der Waals surface area contributed by atoms with Crippen molar-refractivity contribution in [1.29, 1.82) is 0 Å². The molecule has 0 aliphatic rings. The van der Waals surface area contributed by atoms with Gasteiger partial charge < -0.3 is 15.5 Å². The summed E-state index contributed by atoms with van der Waals surface area (Å²) in [5, 5.41) is 5.52. The first-order valence-corrected chi connectivity index (χ1v) is 7.55. The molecule has 0 aliphatic carbocycles. The van der Waals surface area contributed by atoms with E-state index in [1.807, 2.05) is 0 Å². The lowest BCUT2D eigenvalue weighted by Crippen LogP contribution is -2.23. The Morgan fingerprint density at radius 2 is 1.71 bits per heavy atom. The summed E-state index contributed by atoms with van der Waals surface area (Å²) < 4.78 is 13.3. The van der Waals surface area contributed by atoms with Crippen molar-refractivity contribution in [2.24, 2.45) is 0 Å². The molecule has 0 saturated carbocycles. The number of nitrogens with zero attached hydrogens (tertiary/aromatic N) is 1. The largest absolute Gasteiger partial charge is 0.376 e. The van der Waals surface area contributed by atoms with Crippen LogP contribution in [0, 0.1) is 5.82 Å². The van der Waals surface area contributed by atoms with Crippen LogP contribution in [-0.4, -0.2) is 37.4 Å². The molecule has 0 heterocycles. The Balaban J connectivity index is 1.90. The highest BCUT2D eigenvalue weighted by Gasteiger charge is 2.08. The summed E-state index contributed by atoms with van der Waals surface area (Å²) in [4.78, 5) is 25.1. The predicted octanol–water partition coefficient (Wildman–Crippen LogP) is 3.23. The fourth-order valence-corrected chi connectivity index (χ4v) is 2.07. The van der Waals surface area contributed by atoms with Gasteiger partial charge in [-0.05, 0) is 42.5 Å². The highest BCUT2D eigenvalue weighted by atomic mass is 35.5. The molecular weight excluding hydrogens is 333 g/mol. The van der Waals surface area contributed by atoms with Gasteiger partial charge >= 0.3 is 0 Å². The summed E-state index contributed by atoms with van der Waals surface area (Å²) in [6, 6.07) is 10.8. The lowest BCUT2D eigenvalue weighted by atomic mass is 10.2. The smallest absolute Gasteiger partial charge is 0.253 e. The van der Waals surface area contributed by atoms with Crippen LogP contribution in [0.2, 0.25) is 5.02 Å². The van der Waals surface area contributed by atoms with Gasteiger partial charge in [0.1, 0.15) is 5.82 Å². The minimum absolute atomic E-state index is 0.0253. The van der Waals surface area contributed by atoms with Crippen LogP contribution in [0.5, 0.6) is 0 Å². The van der Waals surface area contributed by atoms with Crippen LogP contribution < -0.4 is 10.6 Å². The van der Waals surface area contributed by atoms with Crippen molar-refractivity contribution < 1.29 is 14.0 Å². The first-order valence-electron chi connectivity index (χ1n) is 7.17. The van der Waals surface area contributed by atoms with Gasteiger partial charge in [-0.2, -0.15) is 0 Å². The van der Waals surface area contributed by atoms with Gasteiger partial charge in [-0.3, -0.25) is 9.59 Å². The Morgan fingerprint density at radius 3 is 2.29 bits per heavy atom. The molecule has 5 nitrogen and oxygen atoms in total. The number of rotatable bonds is 5. The van der Waals surface area contributed by atoms with Gasteiger partial charge in [0.25, 0.3) is 5.91 Å². The van der Waals surface area contributed by atoms with Gasteiger partial charge in [0.05, 0.1) is 11.6 Å². The topological polar surface area (TPSA) is 61.4 Å². The van der Waals surface area contributed by atoms with Crippen LogP contribution in [-0.2, 0) is 4.79 Å². The van der Waals surface area contributed by atoms with Crippen LogP contribution in [0.1, 0.15) is 10.4 Å². The Morgan fingerprint density at radius 1 is 1.08 bits per heavy atom. The molecule has 0 radical (unpaired) electrons. The maximum Gasteiger partial charge on any atom is 0.253 e. The van der Waals surface area contributed by atoms with E-state index in [0.717, 1.165) is 0 Å². The normalized spacial score (nSPS) is 10.2. The summed E-state index contributed by atoms with van der Waals surface area (Å²) in [5.74, 6) is -0.959. The van der Waals surface area contributed by atoms with E-state index < -0.39 is 5.82 Å². The van der Waals surface area contributed by atoms with Crippen molar-refractivity contribution in [2.75, 3.05) is 31.3 Å². The number of benzene rings is 2. The Hall–Kier alpha value is -2.60. The van der Waals surface area contributed by atoms with Gasteiger partial charge in [-0.25, -0.2) is 4.39 Å². The number of nitrogens with one attached hydrogen (secondary N) is 2. The van der Waals surface area contributed by atoms with Gasteiger partial charge in [0.15, 0.2) is 0 Å². The van der Waals surface area contributed by atoms with Gasteiger partial charge in [-0.1, -0.05) is 11.6 Å². The number of hydrogen-bond acceptors (Lipinski definition) is 3. The summed E-state index contributed by atoms with van der Waals surface area (Å²) in [6.07, 6.45) is 0. The zero-order valence-corrected chi connectivity index (χ0v) is 14.0. The van der Waals surface area contributed by atoms with Crippen LogP contribution >= 0.6 is 11.6 Å². The van der Waals surface area contributed by atoms with E-state index in [1.54, 1.807) is 44.4 Å². The van der Waals surface area contributed by atoms with Crippen molar-refractivity contribution in [3.8, 4) is 0 Å². The summed E-state index contributed by atoms with van der Waals surface area (Å²) >= 11 is 5.60. The summed E-state index contributed by atoms with van der Waals surface area (Å²) in [6.45, 7) is -0.0283. The second kappa shape index (κ2) is 7.79. The molecule has 2 amide bonds. The van der Waals surface area contributed by atoms with Crippen LogP contribution in [0.4, 0.5) is 15.8 Å². The monoisotopic (exact) mass is 349 g/mol. The molecule has 0 aromatic heterocycles. The Kier molecular flexibility index (Phi) is 5.76. The van der Waals surface area contributed by atoms with E-state index in [-0.39, 0.29) is 23.4 Å². The third-order valence-corrected chi connectivity index (χ3v) is 3.50. The Bertz CT molecular complexity index is 748. The van der Waals surface area contributed by atoms with E-state index in [2.05, 4.69) is 10.6 Å². The maximum atomic E-state index is 13.3. The van der Waals surface area contributed by atoms with E-state index in [1.165, 1.54) is 17.0 Å². The first kappa shape index (κ1) is 17.7. The number of carbonyl (C=O) groups is 2. The number of anilines is 2. The molecule has 0 aliphatic heterocycles. The van der Waals surface area contributed by atoms with E-state index in [4.69, 9.17) is 11.6 Å². The quantitative estimate of drug-likeness (QED) is 0.871. The lowest BCUT2D eigenvalue weighted by Gasteiger charge is -2.11. The predicted molar refractivity (Wildman–Crippen MR) is 93.0 cm³/mol. The van der Waals surface area contributed by atoms with Crippen molar-refractivity contribution in [3.63, 3.8) is 0 Å². The number of halogens is 2. The molecule has 2 aromatic carbocycles. The average molecular weight is 350 g/mol. The highest BCUT2D eigenvalue weighted by Crippen LogP contribution is 2.18. The van der Waals surface area contributed by atoms with Gasteiger partial charge in [0.2, 0.25) is 5.91 Å². The van der Waals surface area contributed by atoms with Crippen molar-refractivity contribution >= 4 is 34.8 Å². The summed E-state index contributed by atoms with van der Waals surface area (Å²) in [5.41, 5.74) is 1.56. The van der Waals surface area contributed by atoms with Gasteiger partial charge in [-0.15, -0.1) is 0 Å². The molecule has 0 fully saturated rings. The second-order valence-corrected chi connectivity index (χ2v) is 5.71. The van der Waals surface area contributed by atoms with Crippen molar-refractivity contribution in [2.45, 2.75) is 0 Å². The molecule has 0 spiro atoms. The van der Waals surface area contributed by atoms with Crippen molar-refractivity contribution in [1.82, 2.24) is 4.90 Å². The molecule has 2 rings (SSSR count). The number of carbonyl (C=O) groups excluding carboxylic acids is 2. The van der Waals surface area contributed by atoms with E-state index in [0.29, 0.717) is 16.9 Å². The van der Waals surface area contributed by atoms with E-state index in [9.17, 15) is 14.0 Å². The molecule has 2 N–H and O–H groups in total. The number of amides is 2. The fourth-order valence-electron chi connectivity index (χ4n) is 1.95. The second-order valence-electron chi connectivity index (χ2n) is 5.31. The minimum Gasteiger partial charge on any atom is -0.376 e. The van der Waals surface area contributed by atoms with Crippen LogP contribution in [0.3, 0.4) is 0 Å². The number of hydrogen-bond donors (Lipinski definition) is 2. The van der Waals surface area contributed by atoms with E-state index >= 15 is 0 Å². The molecule has 126 valence electrons. The zero-order chi connectivity index (χ0) is 17.7. The zero-order valence-electron chi connectivity index (χ0n) is 13.3. The standard InChI is InChI=1S/C17H17ClFN3O2/c1-22(2)17(24)11-3-5-12(6-4-11)21-16(23)10-20-13-7-8-14(18)15(19)9-13/h3-9,20H,10H2,1-2H3,(H,21,23). The third kappa shape index (κ3) is 4.70. The highest BCUT2D eigenvalue weighted by molar-refractivity contribution is 6.30. The SMILES string of the molecule is CN(C)C(=O)c1ccc(NC(=O)CNc2ccc(Cl)c(F)c2)cc1. The molecule has 0 atom stereocenters. The van der Waals surface area contributed by atoms with Crippen LogP contribution in [0.15, 0.2) is 42.5 Å². The third-order valence-electron chi connectivity index (χ3n) is 3.19. The first-order chi connectivity index (χ1) is 11.4. The lowest BCUT2D eigenvalue weighted by molar-refractivity contribution is -0.114. The minimum atomic E-state index is -0.553. The fraction of sp³-hybridized carbons (Fsp3) is 0.176.